The van der Waals surface area contributed by atoms with Crippen LogP contribution in [0, 0.1) is 0 Å². The molecule has 7 nitrogen and oxygen atoms in total. The Kier molecular flexibility index (Phi) is 6.65. The van der Waals surface area contributed by atoms with Crippen molar-refractivity contribution in [2.24, 2.45) is 0 Å². The van der Waals surface area contributed by atoms with Gasteiger partial charge in [-0.05, 0) is 61.3 Å². The zero-order chi connectivity index (χ0) is 22.0. The molecule has 2 heterocycles. The highest BCUT2D eigenvalue weighted by atomic mass is 79.9. The lowest BCUT2D eigenvalue weighted by atomic mass is 10.2. The number of aromatic nitrogens is 3. The number of benzene rings is 2. The van der Waals surface area contributed by atoms with E-state index in [9.17, 15) is 4.57 Å². The quantitative estimate of drug-likeness (QED) is 0.216. The van der Waals surface area contributed by atoms with Crippen LogP contribution in [0.15, 0.2) is 46.9 Å². The molecule has 2 aromatic carbocycles. The Morgan fingerprint density at radius 1 is 1.10 bits per heavy atom. The number of hydrogen-bond donors (Lipinski definition) is 2. The Labute approximate surface area is 193 Å². The van der Waals surface area contributed by atoms with Crippen molar-refractivity contribution in [3.8, 4) is 0 Å². The van der Waals surface area contributed by atoms with Crippen molar-refractivity contribution in [3.05, 3.63) is 57.8 Å². The summed E-state index contributed by atoms with van der Waals surface area (Å²) in [6.45, 7) is 4.70. The van der Waals surface area contributed by atoms with Gasteiger partial charge in [-0.3, -0.25) is 4.57 Å². The van der Waals surface area contributed by atoms with Crippen molar-refractivity contribution in [3.63, 3.8) is 0 Å². The summed E-state index contributed by atoms with van der Waals surface area (Å²) in [5.74, 6) is 0.612. The predicted molar refractivity (Wildman–Crippen MR) is 128 cm³/mol. The van der Waals surface area contributed by atoms with E-state index < -0.39 is 7.60 Å². The molecule has 0 radical (unpaired) electrons. The molecule has 10 heteroatoms. The number of fused-ring (bicyclic) bond motifs is 3. The van der Waals surface area contributed by atoms with E-state index in [1.54, 1.807) is 26.0 Å². The highest BCUT2D eigenvalue weighted by Crippen LogP contribution is 2.46. The topological polar surface area (TPSA) is 89.1 Å². The number of rotatable bonds is 8. The molecule has 0 atom stereocenters. The Hall–Kier alpha value is -1.96. The fourth-order valence-electron chi connectivity index (χ4n) is 3.34. The molecule has 4 aromatic rings. The molecule has 31 heavy (non-hydrogen) atoms. The maximum atomic E-state index is 12.9. The van der Waals surface area contributed by atoms with Gasteiger partial charge in [0.05, 0.1) is 18.5 Å². The molecule has 0 unspecified atom stereocenters. The normalized spacial score (nSPS) is 12.0. The maximum Gasteiger partial charge on any atom is 0.361 e. The lowest BCUT2D eigenvalue weighted by Crippen LogP contribution is -2.11. The van der Waals surface area contributed by atoms with Crippen molar-refractivity contribution in [2.75, 3.05) is 18.5 Å². The zero-order valence-electron chi connectivity index (χ0n) is 17.0. The Morgan fingerprint density at radius 3 is 2.48 bits per heavy atom. The average Bonchev–Trinajstić information content (AvgIpc) is 3.10. The number of nitrogens with zero attached hydrogens (tertiary/aromatic N) is 2. The van der Waals surface area contributed by atoms with Crippen LogP contribution in [-0.4, -0.2) is 28.2 Å². The van der Waals surface area contributed by atoms with Crippen LogP contribution < -0.4 is 10.6 Å². The summed E-state index contributed by atoms with van der Waals surface area (Å²) in [7, 11) is -3.30. The van der Waals surface area contributed by atoms with Gasteiger partial charge >= 0.3 is 7.60 Å². The van der Waals surface area contributed by atoms with Gasteiger partial charge in [-0.1, -0.05) is 28.1 Å². The summed E-state index contributed by atoms with van der Waals surface area (Å²) in [5, 5.41) is 4.98. The van der Waals surface area contributed by atoms with Crippen LogP contribution in [0.1, 0.15) is 19.4 Å². The van der Waals surface area contributed by atoms with Crippen molar-refractivity contribution in [1.82, 2.24) is 15.0 Å². The van der Waals surface area contributed by atoms with Crippen molar-refractivity contribution in [2.45, 2.75) is 20.4 Å². The molecule has 0 saturated carbocycles. The van der Waals surface area contributed by atoms with Crippen molar-refractivity contribution < 1.29 is 13.6 Å². The molecule has 2 aromatic heterocycles. The molecule has 0 aliphatic heterocycles. The lowest BCUT2D eigenvalue weighted by molar-refractivity contribution is 0.230. The predicted octanol–water partition coefficient (Wildman–Crippen LogP) is 6.03. The SMILES string of the molecule is CCOP(=O)(OCC)c1ccc(CNc2nc(Cl)nc3c2[nH]c2ccc(Br)cc23)cc1. The van der Waals surface area contributed by atoms with E-state index in [2.05, 4.69) is 36.2 Å². The molecule has 162 valence electrons. The van der Waals surface area contributed by atoms with E-state index in [-0.39, 0.29) is 5.28 Å². The van der Waals surface area contributed by atoms with E-state index in [0.29, 0.717) is 30.9 Å². The first kappa shape index (κ1) is 22.2. The van der Waals surface area contributed by atoms with Gasteiger partial charge in [-0.2, -0.15) is 4.98 Å². The molecule has 2 N–H and O–H groups in total. The summed E-state index contributed by atoms with van der Waals surface area (Å²) in [6.07, 6.45) is 0. The Morgan fingerprint density at radius 2 is 1.81 bits per heavy atom. The standard InChI is InChI=1S/C21H21BrClN4O3P/c1-3-29-31(28,30-4-2)15-8-5-13(6-9-15)12-24-20-19-18(26-21(23)27-20)16-11-14(22)7-10-17(16)25-19/h5-11,25H,3-4,12H2,1-2H3,(H,24,26,27). The highest BCUT2D eigenvalue weighted by Gasteiger charge is 2.26. The van der Waals surface area contributed by atoms with E-state index in [1.165, 1.54) is 0 Å². The van der Waals surface area contributed by atoms with Crippen LogP contribution in [0.25, 0.3) is 21.9 Å². The van der Waals surface area contributed by atoms with E-state index in [0.717, 1.165) is 32.0 Å². The summed E-state index contributed by atoms with van der Waals surface area (Å²) >= 11 is 9.68. The van der Waals surface area contributed by atoms with E-state index in [4.69, 9.17) is 20.6 Å². The third kappa shape index (κ3) is 4.64. The van der Waals surface area contributed by atoms with Crippen LogP contribution in [0.5, 0.6) is 0 Å². The monoisotopic (exact) mass is 522 g/mol. The molecular weight excluding hydrogens is 503 g/mol. The van der Waals surface area contributed by atoms with Crippen LogP contribution in [0.4, 0.5) is 5.82 Å². The van der Waals surface area contributed by atoms with Crippen LogP contribution in [-0.2, 0) is 20.2 Å². The van der Waals surface area contributed by atoms with Crippen LogP contribution in [0.3, 0.4) is 0 Å². The number of nitrogens with one attached hydrogen (secondary N) is 2. The number of halogens is 2. The van der Waals surface area contributed by atoms with Crippen molar-refractivity contribution in [1.29, 1.82) is 0 Å². The molecule has 0 aliphatic carbocycles. The first-order valence-electron chi connectivity index (χ1n) is 9.80. The summed E-state index contributed by atoms with van der Waals surface area (Å²) in [4.78, 5) is 12.1. The number of aromatic amines is 1. The smallest absolute Gasteiger partial charge is 0.361 e. The van der Waals surface area contributed by atoms with Gasteiger partial charge in [0.15, 0.2) is 5.82 Å². The molecule has 0 saturated heterocycles. The van der Waals surface area contributed by atoms with E-state index >= 15 is 0 Å². The minimum absolute atomic E-state index is 0.167. The fraction of sp³-hybridized carbons (Fsp3) is 0.238. The highest BCUT2D eigenvalue weighted by molar-refractivity contribution is 9.10. The summed E-state index contributed by atoms with van der Waals surface area (Å²) in [5.41, 5.74) is 3.46. The molecule has 0 spiro atoms. The van der Waals surface area contributed by atoms with Gasteiger partial charge in [0.2, 0.25) is 5.28 Å². The second kappa shape index (κ2) is 9.27. The largest absolute Gasteiger partial charge is 0.364 e. The third-order valence-corrected chi connectivity index (χ3v) is 7.48. The van der Waals surface area contributed by atoms with Crippen LogP contribution in [0.2, 0.25) is 5.28 Å². The second-order valence-corrected chi connectivity index (χ2v) is 10.0. The molecular formula is C21H21BrClN4O3P. The maximum absolute atomic E-state index is 12.9. The molecule has 0 aliphatic rings. The van der Waals surface area contributed by atoms with E-state index in [1.807, 2.05) is 30.3 Å². The van der Waals surface area contributed by atoms with Gasteiger partial charge in [0, 0.05) is 21.9 Å². The molecule has 0 bridgehead atoms. The number of H-pyrrole nitrogens is 1. The lowest BCUT2D eigenvalue weighted by Gasteiger charge is -2.17. The fourth-order valence-corrected chi connectivity index (χ4v) is 5.44. The van der Waals surface area contributed by atoms with Gasteiger partial charge in [-0.15, -0.1) is 0 Å². The molecule has 0 fully saturated rings. The molecule has 4 rings (SSSR count). The van der Waals surface area contributed by atoms with Gasteiger partial charge in [-0.25, -0.2) is 4.98 Å². The summed E-state index contributed by atoms with van der Waals surface area (Å²) in [6, 6.07) is 13.2. The third-order valence-electron chi connectivity index (χ3n) is 4.69. The van der Waals surface area contributed by atoms with Crippen LogP contribution >= 0.6 is 35.1 Å². The van der Waals surface area contributed by atoms with Crippen molar-refractivity contribution >= 4 is 68.2 Å². The van der Waals surface area contributed by atoms with Gasteiger partial charge in [0.1, 0.15) is 11.0 Å². The summed E-state index contributed by atoms with van der Waals surface area (Å²) < 4.78 is 24.7. The van der Waals surface area contributed by atoms with Gasteiger partial charge < -0.3 is 19.3 Å². The number of hydrogen-bond acceptors (Lipinski definition) is 6. The number of anilines is 1. The average molecular weight is 524 g/mol. The molecule has 0 amide bonds. The second-order valence-electron chi connectivity index (χ2n) is 6.73. The first-order chi connectivity index (χ1) is 14.9. The zero-order valence-corrected chi connectivity index (χ0v) is 20.2. The minimum Gasteiger partial charge on any atom is -0.364 e. The minimum atomic E-state index is -3.30. The Bertz CT molecular complexity index is 1270. The van der Waals surface area contributed by atoms with Gasteiger partial charge in [0.25, 0.3) is 0 Å². The first-order valence-corrected chi connectivity index (χ1v) is 12.5. The Balaban J connectivity index is 1.59.